The van der Waals surface area contributed by atoms with Crippen molar-refractivity contribution in [2.45, 2.75) is 51.8 Å². The summed E-state index contributed by atoms with van der Waals surface area (Å²) in [4.78, 5) is 6.25. The van der Waals surface area contributed by atoms with Crippen LogP contribution >= 0.6 is 0 Å². The SMILES string of the molecule is CC(ON1C(C)(C)COS(=O)OCC1(C)C)c1ccccc1. The van der Waals surface area contributed by atoms with E-state index in [2.05, 4.69) is 0 Å². The first kappa shape index (κ1) is 17.6. The van der Waals surface area contributed by atoms with Crippen molar-refractivity contribution in [3.8, 4) is 0 Å². The Bertz CT molecular complexity index is 496. The van der Waals surface area contributed by atoms with Crippen molar-refractivity contribution in [3.05, 3.63) is 35.9 Å². The molecule has 1 heterocycles. The van der Waals surface area contributed by atoms with Crippen molar-refractivity contribution in [3.63, 3.8) is 0 Å². The largest absolute Gasteiger partial charge is 0.304 e. The van der Waals surface area contributed by atoms with Crippen LogP contribution in [0.4, 0.5) is 0 Å². The van der Waals surface area contributed by atoms with Crippen LogP contribution in [0.2, 0.25) is 0 Å². The fourth-order valence-corrected chi connectivity index (χ4v) is 3.42. The molecule has 1 aliphatic heterocycles. The summed E-state index contributed by atoms with van der Waals surface area (Å²) in [5.74, 6) is 0. The lowest BCUT2D eigenvalue weighted by atomic mass is 9.97. The molecule has 22 heavy (non-hydrogen) atoms. The van der Waals surface area contributed by atoms with Gasteiger partial charge in [-0.25, -0.2) is 0 Å². The smallest absolute Gasteiger partial charge is 0.290 e. The molecule has 124 valence electrons. The lowest BCUT2D eigenvalue weighted by molar-refractivity contribution is -0.301. The van der Waals surface area contributed by atoms with Crippen LogP contribution in [0.3, 0.4) is 0 Å². The van der Waals surface area contributed by atoms with Gasteiger partial charge >= 0.3 is 11.4 Å². The standard InChI is InChI=1S/C16H25NO4S/c1-13(14-9-7-6-8-10-14)21-17-15(2,3)11-19-22(18)20-12-16(17,4)5/h6-10,13H,11-12H2,1-5H3. The number of hydroxylamine groups is 2. The molecular formula is C16H25NO4S. The summed E-state index contributed by atoms with van der Waals surface area (Å²) in [6.07, 6.45) is -0.107. The van der Waals surface area contributed by atoms with Crippen molar-refractivity contribution < 1.29 is 17.4 Å². The van der Waals surface area contributed by atoms with Crippen LogP contribution in [0.15, 0.2) is 30.3 Å². The number of nitrogens with zero attached hydrogens (tertiary/aromatic N) is 1. The van der Waals surface area contributed by atoms with Crippen LogP contribution in [0, 0.1) is 0 Å². The first-order valence-electron chi connectivity index (χ1n) is 7.43. The zero-order valence-electron chi connectivity index (χ0n) is 13.9. The maximum absolute atomic E-state index is 11.6. The topological polar surface area (TPSA) is 48.0 Å². The Morgan fingerprint density at radius 3 is 2.09 bits per heavy atom. The molecule has 0 radical (unpaired) electrons. The molecule has 1 unspecified atom stereocenters. The van der Waals surface area contributed by atoms with Gasteiger partial charge in [0.05, 0.1) is 24.3 Å². The minimum Gasteiger partial charge on any atom is -0.290 e. The van der Waals surface area contributed by atoms with Crippen LogP contribution in [0.25, 0.3) is 0 Å². The fourth-order valence-electron chi connectivity index (χ4n) is 2.58. The van der Waals surface area contributed by atoms with Crippen molar-refractivity contribution in [2.24, 2.45) is 0 Å². The Morgan fingerprint density at radius 1 is 1.09 bits per heavy atom. The highest BCUT2D eigenvalue weighted by Gasteiger charge is 2.43. The van der Waals surface area contributed by atoms with E-state index in [-0.39, 0.29) is 19.3 Å². The van der Waals surface area contributed by atoms with Gasteiger partial charge in [0.25, 0.3) is 0 Å². The van der Waals surface area contributed by atoms with Crippen molar-refractivity contribution in [1.29, 1.82) is 0 Å². The summed E-state index contributed by atoms with van der Waals surface area (Å²) in [7, 11) is 0. The molecular weight excluding hydrogens is 302 g/mol. The zero-order valence-corrected chi connectivity index (χ0v) is 14.7. The summed E-state index contributed by atoms with van der Waals surface area (Å²) in [6.45, 7) is 10.6. The number of hydrogen-bond acceptors (Lipinski definition) is 5. The Balaban J connectivity index is 2.22. The summed E-state index contributed by atoms with van der Waals surface area (Å²) in [5, 5.41) is 1.91. The lowest BCUT2D eigenvalue weighted by Gasteiger charge is -2.48. The second kappa shape index (κ2) is 6.76. The predicted octanol–water partition coefficient (Wildman–Crippen LogP) is 3.16. The van der Waals surface area contributed by atoms with Gasteiger partial charge in [0.1, 0.15) is 6.10 Å². The fraction of sp³-hybridized carbons (Fsp3) is 0.625. The number of hydrogen-bond donors (Lipinski definition) is 0. The van der Waals surface area contributed by atoms with Gasteiger partial charge in [-0.1, -0.05) is 30.3 Å². The molecule has 1 fully saturated rings. The van der Waals surface area contributed by atoms with Crippen molar-refractivity contribution in [1.82, 2.24) is 5.06 Å². The molecule has 0 spiro atoms. The average Bonchev–Trinajstić information content (AvgIpc) is 2.48. The first-order valence-corrected chi connectivity index (χ1v) is 8.43. The zero-order chi connectivity index (χ0) is 16.4. The van der Waals surface area contributed by atoms with Gasteiger partial charge in [0.2, 0.25) is 0 Å². The van der Waals surface area contributed by atoms with Gasteiger partial charge in [-0.15, -0.1) is 0 Å². The quantitative estimate of drug-likeness (QED) is 0.853. The highest BCUT2D eigenvalue weighted by Crippen LogP contribution is 2.32. The maximum atomic E-state index is 11.6. The minimum absolute atomic E-state index is 0.107. The second-order valence-corrected chi connectivity index (χ2v) is 7.69. The second-order valence-electron chi connectivity index (χ2n) is 6.81. The molecule has 6 heteroatoms. The molecule has 1 atom stereocenters. The van der Waals surface area contributed by atoms with Crippen LogP contribution in [-0.4, -0.2) is 33.6 Å². The molecule has 1 aromatic carbocycles. The third-order valence-corrected chi connectivity index (χ3v) is 4.27. The van der Waals surface area contributed by atoms with E-state index in [4.69, 9.17) is 13.2 Å². The molecule has 1 aliphatic rings. The monoisotopic (exact) mass is 327 g/mol. The molecule has 0 N–H and O–H groups in total. The Kier molecular flexibility index (Phi) is 5.40. The van der Waals surface area contributed by atoms with Gasteiger partial charge in [-0.05, 0) is 40.2 Å². The molecule has 5 nitrogen and oxygen atoms in total. The van der Waals surface area contributed by atoms with Gasteiger partial charge in [-0.2, -0.15) is 9.27 Å². The van der Waals surface area contributed by atoms with Gasteiger partial charge in [0.15, 0.2) is 0 Å². The normalized spacial score (nSPS) is 24.4. The van der Waals surface area contributed by atoms with E-state index in [1.165, 1.54) is 0 Å². The third kappa shape index (κ3) is 4.14. The molecule has 0 aliphatic carbocycles. The highest BCUT2D eigenvalue weighted by molar-refractivity contribution is 7.75. The van der Waals surface area contributed by atoms with Crippen LogP contribution in [0.5, 0.6) is 0 Å². The number of rotatable bonds is 3. The molecule has 0 saturated carbocycles. The maximum Gasteiger partial charge on any atom is 0.304 e. The lowest BCUT2D eigenvalue weighted by Crippen LogP contribution is -2.60. The first-order chi connectivity index (χ1) is 10.2. The van der Waals surface area contributed by atoms with E-state index >= 15 is 0 Å². The molecule has 1 aromatic rings. The van der Waals surface area contributed by atoms with E-state index in [1.807, 2.05) is 70.0 Å². The Hall–Kier alpha value is -0.790. The Labute approximate surface area is 135 Å². The molecule has 2 rings (SSSR count). The Morgan fingerprint density at radius 2 is 1.59 bits per heavy atom. The van der Waals surface area contributed by atoms with Gasteiger partial charge in [0, 0.05) is 0 Å². The molecule has 0 amide bonds. The van der Waals surface area contributed by atoms with Gasteiger partial charge < -0.3 is 0 Å². The van der Waals surface area contributed by atoms with E-state index in [0.717, 1.165) is 5.56 Å². The minimum atomic E-state index is -1.71. The van der Waals surface area contributed by atoms with E-state index in [1.54, 1.807) is 0 Å². The van der Waals surface area contributed by atoms with Crippen LogP contribution < -0.4 is 0 Å². The highest BCUT2D eigenvalue weighted by atomic mass is 32.2. The molecule has 0 bridgehead atoms. The third-order valence-electron chi connectivity index (χ3n) is 3.65. The van der Waals surface area contributed by atoms with Crippen molar-refractivity contribution in [2.75, 3.05) is 13.2 Å². The molecule has 1 saturated heterocycles. The van der Waals surface area contributed by atoms with Gasteiger partial charge in [-0.3, -0.25) is 13.2 Å². The van der Waals surface area contributed by atoms with Crippen LogP contribution in [0.1, 0.15) is 46.3 Å². The summed E-state index contributed by atoms with van der Waals surface area (Å²) in [6, 6.07) is 10.0. The summed E-state index contributed by atoms with van der Waals surface area (Å²) >= 11 is -1.71. The average molecular weight is 327 g/mol. The van der Waals surface area contributed by atoms with E-state index < -0.39 is 22.4 Å². The summed E-state index contributed by atoms with van der Waals surface area (Å²) in [5.41, 5.74) is 0.222. The molecule has 0 aromatic heterocycles. The van der Waals surface area contributed by atoms with E-state index in [9.17, 15) is 4.21 Å². The summed E-state index contributed by atoms with van der Waals surface area (Å²) < 4.78 is 22.0. The van der Waals surface area contributed by atoms with E-state index in [0.29, 0.717) is 0 Å². The van der Waals surface area contributed by atoms with Crippen LogP contribution in [-0.2, 0) is 24.6 Å². The van der Waals surface area contributed by atoms with Crippen molar-refractivity contribution >= 4 is 11.4 Å². The predicted molar refractivity (Wildman–Crippen MR) is 86.0 cm³/mol. The number of benzene rings is 1.